The first-order valence-electron chi connectivity index (χ1n) is 10.4. The van der Waals surface area contributed by atoms with Gasteiger partial charge < -0.3 is 5.32 Å². The van der Waals surface area contributed by atoms with Gasteiger partial charge in [0.25, 0.3) is 0 Å². The highest BCUT2D eigenvalue weighted by atomic mass is 35.5. The van der Waals surface area contributed by atoms with Crippen LogP contribution in [-0.2, 0) is 29.3 Å². The van der Waals surface area contributed by atoms with Gasteiger partial charge >= 0.3 is 0 Å². The normalized spacial score (nSPS) is 16.4. The molecule has 0 aromatic heterocycles. The molecule has 33 heavy (non-hydrogen) atoms. The number of sulfone groups is 2. The number of halogens is 2. The van der Waals surface area contributed by atoms with E-state index in [1.54, 1.807) is 0 Å². The SMILES string of the molecule is CC(C)CCC1(C(=O)Nc2cc(Cl)c(Cl)cc2SC(=O)C(C)(S(C)(=O)=O)S(C)(=O)=O)CCC1. The van der Waals surface area contributed by atoms with Gasteiger partial charge in [-0.15, -0.1) is 0 Å². The number of rotatable bonds is 9. The number of amides is 1. The van der Waals surface area contributed by atoms with Crippen molar-refractivity contribution in [2.75, 3.05) is 17.8 Å². The van der Waals surface area contributed by atoms with Crippen LogP contribution in [0.1, 0.15) is 52.9 Å². The number of nitrogens with one attached hydrogen (secondary N) is 1. The summed E-state index contributed by atoms with van der Waals surface area (Å²) in [7, 11) is -8.67. The number of thioether (sulfide) groups is 1. The lowest BCUT2D eigenvalue weighted by Crippen LogP contribution is -2.48. The Labute approximate surface area is 210 Å². The zero-order chi connectivity index (χ0) is 25.4. The maximum absolute atomic E-state index is 13.2. The van der Waals surface area contributed by atoms with E-state index in [0.29, 0.717) is 30.2 Å². The monoisotopic (exact) mass is 557 g/mol. The number of carbonyl (C=O) groups excluding carboxylic acids is 2. The summed E-state index contributed by atoms with van der Waals surface area (Å²) in [5, 5.41) is 1.90. The van der Waals surface area contributed by atoms with E-state index in [2.05, 4.69) is 19.2 Å². The molecule has 1 aliphatic carbocycles. The molecule has 2 rings (SSSR count). The molecule has 0 bridgehead atoms. The van der Waals surface area contributed by atoms with Crippen molar-refractivity contribution in [2.45, 2.75) is 61.8 Å². The van der Waals surface area contributed by atoms with Crippen molar-refractivity contribution in [1.82, 2.24) is 0 Å². The number of hydrogen-bond donors (Lipinski definition) is 1. The molecule has 0 saturated heterocycles. The van der Waals surface area contributed by atoms with E-state index in [1.165, 1.54) is 12.1 Å². The van der Waals surface area contributed by atoms with Crippen LogP contribution in [0.25, 0.3) is 0 Å². The van der Waals surface area contributed by atoms with Crippen LogP contribution in [0.3, 0.4) is 0 Å². The molecular formula is C21H29Cl2NO6S3. The molecule has 1 aliphatic rings. The van der Waals surface area contributed by atoms with Gasteiger partial charge in [0.2, 0.25) is 15.1 Å². The molecule has 0 spiro atoms. The van der Waals surface area contributed by atoms with Crippen molar-refractivity contribution in [1.29, 1.82) is 0 Å². The van der Waals surface area contributed by atoms with E-state index in [-0.39, 0.29) is 26.5 Å². The molecule has 0 atom stereocenters. The lowest BCUT2D eigenvalue weighted by Gasteiger charge is -2.41. The fraction of sp³-hybridized carbons (Fsp3) is 0.619. The van der Waals surface area contributed by atoms with Crippen molar-refractivity contribution in [3.8, 4) is 0 Å². The summed E-state index contributed by atoms with van der Waals surface area (Å²) < 4.78 is 46.5. The average Bonchev–Trinajstić information content (AvgIpc) is 2.61. The molecule has 0 heterocycles. The van der Waals surface area contributed by atoms with Gasteiger partial charge in [0.15, 0.2) is 19.7 Å². The number of carbonyl (C=O) groups is 2. The van der Waals surface area contributed by atoms with Gasteiger partial charge in [0, 0.05) is 22.8 Å². The molecule has 1 aromatic rings. The van der Waals surface area contributed by atoms with E-state index >= 15 is 0 Å². The van der Waals surface area contributed by atoms with Gasteiger partial charge in [-0.2, -0.15) is 0 Å². The van der Waals surface area contributed by atoms with Crippen LogP contribution in [0.5, 0.6) is 0 Å². The Hall–Kier alpha value is -0.810. The van der Waals surface area contributed by atoms with Crippen molar-refractivity contribution < 1.29 is 26.4 Å². The minimum Gasteiger partial charge on any atom is -0.325 e. The van der Waals surface area contributed by atoms with Gasteiger partial charge in [0.05, 0.1) is 15.7 Å². The Bertz CT molecular complexity index is 1130. The van der Waals surface area contributed by atoms with Crippen LogP contribution in [0, 0.1) is 11.3 Å². The van der Waals surface area contributed by atoms with Gasteiger partial charge in [0.1, 0.15) is 0 Å². The van der Waals surface area contributed by atoms with Gasteiger partial charge in [-0.05, 0) is 62.4 Å². The van der Waals surface area contributed by atoms with Crippen LogP contribution in [0.4, 0.5) is 5.69 Å². The largest absolute Gasteiger partial charge is 0.325 e. The maximum atomic E-state index is 13.2. The van der Waals surface area contributed by atoms with Crippen molar-refractivity contribution >= 4 is 71.3 Å². The number of benzene rings is 1. The third-order valence-corrected chi connectivity index (χ3v) is 13.4. The molecule has 1 saturated carbocycles. The Morgan fingerprint density at radius 2 is 1.61 bits per heavy atom. The topological polar surface area (TPSA) is 114 Å². The minimum atomic E-state index is -4.33. The van der Waals surface area contributed by atoms with E-state index in [0.717, 1.165) is 39.0 Å². The zero-order valence-electron chi connectivity index (χ0n) is 19.2. The molecule has 186 valence electrons. The van der Waals surface area contributed by atoms with E-state index in [1.807, 2.05) is 0 Å². The van der Waals surface area contributed by atoms with E-state index in [4.69, 9.17) is 23.2 Å². The van der Waals surface area contributed by atoms with Crippen molar-refractivity contribution in [3.05, 3.63) is 22.2 Å². The molecule has 0 radical (unpaired) electrons. The summed E-state index contributed by atoms with van der Waals surface area (Å²) in [5.74, 6) is 0.227. The first-order valence-corrected chi connectivity index (χ1v) is 15.7. The molecule has 7 nitrogen and oxygen atoms in total. The average molecular weight is 559 g/mol. The van der Waals surface area contributed by atoms with Gasteiger partial charge in [-0.25, -0.2) is 16.8 Å². The second-order valence-corrected chi connectivity index (χ2v) is 16.0. The fourth-order valence-electron chi connectivity index (χ4n) is 3.50. The quantitative estimate of drug-likeness (QED) is 0.426. The van der Waals surface area contributed by atoms with Crippen molar-refractivity contribution in [2.24, 2.45) is 11.3 Å². The lowest BCUT2D eigenvalue weighted by molar-refractivity contribution is -0.131. The second kappa shape index (κ2) is 10.0. The second-order valence-electron chi connectivity index (χ2n) is 9.16. The first kappa shape index (κ1) is 28.4. The van der Waals surface area contributed by atoms with Crippen LogP contribution >= 0.6 is 35.0 Å². The standard InChI is InChI=1S/C21H29Cl2NO6S3/c1-13(2)7-10-21(8-6-9-21)18(25)24-16-11-14(22)15(23)12-17(16)31-19(26)20(3,32(4,27)28)33(5,29)30/h11-13H,6-10H2,1-5H3,(H,24,25). The molecule has 1 N–H and O–H groups in total. The Morgan fingerprint density at radius 1 is 1.09 bits per heavy atom. The predicted molar refractivity (Wildman–Crippen MR) is 134 cm³/mol. The summed E-state index contributed by atoms with van der Waals surface area (Å²) >= 11 is 12.6. The predicted octanol–water partition coefficient (Wildman–Crippen LogP) is 4.96. The summed E-state index contributed by atoms with van der Waals surface area (Å²) in [6.45, 7) is 5.03. The van der Waals surface area contributed by atoms with E-state index in [9.17, 15) is 26.4 Å². The Morgan fingerprint density at radius 3 is 2.03 bits per heavy atom. The van der Waals surface area contributed by atoms with Crippen LogP contribution < -0.4 is 5.32 Å². The molecule has 12 heteroatoms. The molecule has 0 aliphatic heterocycles. The first-order chi connectivity index (χ1) is 14.9. The van der Waals surface area contributed by atoms with Gasteiger partial charge in [-0.3, -0.25) is 9.59 Å². The molecule has 1 aromatic carbocycles. The molecular weight excluding hydrogens is 529 g/mol. The smallest absolute Gasteiger partial charge is 0.237 e. The third kappa shape index (κ3) is 5.89. The fourth-order valence-corrected chi connectivity index (χ4v) is 8.63. The third-order valence-electron chi connectivity index (χ3n) is 6.25. The maximum Gasteiger partial charge on any atom is 0.237 e. The molecule has 1 fully saturated rings. The van der Waals surface area contributed by atoms with Gasteiger partial charge in [-0.1, -0.05) is 43.5 Å². The summed E-state index contributed by atoms with van der Waals surface area (Å²) in [4.78, 5) is 26.3. The highest BCUT2D eigenvalue weighted by molar-refractivity contribution is 8.20. The van der Waals surface area contributed by atoms with E-state index < -0.39 is 34.3 Å². The van der Waals surface area contributed by atoms with Crippen molar-refractivity contribution in [3.63, 3.8) is 0 Å². The summed E-state index contributed by atoms with van der Waals surface area (Å²) in [6, 6.07) is 2.69. The highest BCUT2D eigenvalue weighted by Crippen LogP contribution is 2.47. The minimum absolute atomic E-state index is 0.0727. The summed E-state index contributed by atoms with van der Waals surface area (Å²) in [6.07, 6.45) is 5.42. The zero-order valence-corrected chi connectivity index (χ0v) is 23.2. The molecule has 0 unspecified atom stereocenters. The highest BCUT2D eigenvalue weighted by Gasteiger charge is 2.53. The lowest BCUT2D eigenvalue weighted by atomic mass is 9.64. The van der Waals surface area contributed by atoms with Crippen LogP contribution in [0.15, 0.2) is 17.0 Å². The Balaban J connectivity index is 2.43. The number of hydrogen-bond acceptors (Lipinski definition) is 7. The number of anilines is 1. The summed E-state index contributed by atoms with van der Waals surface area (Å²) in [5.41, 5.74) is -0.343. The Kier molecular flexibility index (Phi) is 8.66. The van der Waals surface area contributed by atoms with Crippen LogP contribution in [0.2, 0.25) is 10.0 Å². The molecule has 1 amide bonds. The van der Waals surface area contributed by atoms with Crippen LogP contribution in [-0.4, -0.2) is 44.4 Å².